The van der Waals surface area contributed by atoms with E-state index in [0.29, 0.717) is 13.2 Å². The van der Waals surface area contributed by atoms with Gasteiger partial charge >= 0.3 is 0 Å². The molecule has 0 aliphatic carbocycles. The number of halogens is 2. The predicted molar refractivity (Wildman–Crippen MR) is 94.7 cm³/mol. The highest BCUT2D eigenvalue weighted by molar-refractivity contribution is 14.0. The van der Waals surface area contributed by atoms with E-state index in [-0.39, 0.29) is 24.0 Å². The van der Waals surface area contributed by atoms with Crippen LogP contribution in [0.15, 0.2) is 33.7 Å². The lowest BCUT2D eigenvalue weighted by atomic mass is 10.3. The number of hydrogen-bond donors (Lipinski definition) is 2. The summed E-state index contributed by atoms with van der Waals surface area (Å²) >= 11 is 3.41. The molecule has 0 fully saturated rings. The summed E-state index contributed by atoms with van der Waals surface area (Å²) in [4.78, 5) is 4.40. The molecule has 6 heteroatoms. The van der Waals surface area contributed by atoms with Crippen LogP contribution >= 0.6 is 39.9 Å². The minimum absolute atomic E-state index is 0. The van der Waals surface area contributed by atoms with Crippen LogP contribution in [0.2, 0.25) is 0 Å². The van der Waals surface area contributed by atoms with Crippen LogP contribution in [0.1, 0.15) is 13.8 Å². The second-order valence-electron chi connectivity index (χ2n) is 3.60. The first kappa shape index (κ1) is 18.5. The van der Waals surface area contributed by atoms with E-state index in [1.807, 2.05) is 38.1 Å². The van der Waals surface area contributed by atoms with Crippen molar-refractivity contribution in [2.24, 2.45) is 4.99 Å². The summed E-state index contributed by atoms with van der Waals surface area (Å²) in [7, 11) is 0. The Bertz CT molecular complexity index is 380. The molecule has 0 aliphatic heterocycles. The summed E-state index contributed by atoms with van der Waals surface area (Å²) in [5, 5.41) is 6.33. The molecule has 2 N–H and O–H groups in total. The first-order valence-corrected chi connectivity index (χ1v) is 6.96. The SMILES string of the molecule is CCNC(=NCCOc1cccc(Br)c1)NCC.I. The third-order valence-corrected chi connectivity index (χ3v) is 2.61. The quantitative estimate of drug-likeness (QED) is 0.308. The van der Waals surface area contributed by atoms with Crippen LogP contribution in [-0.2, 0) is 0 Å². The lowest BCUT2D eigenvalue weighted by Crippen LogP contribution is -2.37. The van der Waals surface area contributed by atoms with Gasteiger partial charge in [-0.25, -0.2) is 4.99 Å². The Morgan fingerprint density at radius 2 is 1.95 bits per heavy atom. The zero-order chi connectivity index (χ0) is 13.2. The molecule has 19 heavy (non-hydrogen) atoms. The van der Waals surface area contributed by atoms with Crippen molar-refractivity contribution >= 4 is 45.9 Å². The number of nitrogens with one attached hydrogen (secondary N) is 2. The molecule has 0 aromatic heterocycles. The normalized spacial score (nSPS) is 9.21. The number of guanidine groups is 1. The molecular weight excluding hydrogens is 421 g/mol. The van der Waals surface area contributed by atoms with E-state index < -0.39 is 0 Å². The van der Waals surface area contributed by atoms with Crippen molar-refractivity contribution in [3.63, 3.8) is 0 Å². The number of benzene rings is 1. The van der Waals surface area contributed by atoms with Crippen molar-refractivity contribution in [3.8, 4) is 5.75 Å². The zero-order valence-electron chi connectivity index (χ0n) is 11.3. The van der Waals surface area contributed by atoms with Crippen LogP contribution in [-0.4, -0.2) is 32.2 Å². The summed E-state index contributed by atoms with van der Waals surface area (Å²) < 4.78 is 6.62. The minimum Gasteiger partial charge on any atom is -0.492 e. The molecule has 0 radical (unpaired) electrons. The molecular formula is C13H21BrIN3O. The van der Waals surface area contributed by atoms with Gasteiger partial charge in [0.05, 0.1) is 6.54 Å². The topological polar surface area (TPSA) is 45.7 Å². The van der Waals surface area contributed by atoms with Crippen molar-refractivity contribution in [1.82, 2.24) is 10.6 Å². The molecule has 108 valence electrons. The second kappa shape index (κ2) is 11.3. The molecule has 1 aromatic carbocycles. The molecule has 1 aromatic rings. The molecule has 0 unspecified atom stereocenters. The van der Waals surface area contributed by atoms with E-state index >= 15 is 0 Å². The molecule has 0 heterocycles. The van der Waals surface area contributed by atoms with Gasteiger partial charge in [0.25, 0.3) is 0 Å². The molecule has 0 atom stereocenters. The maximum absolute atomic E-state index is 5.60. The first-order valence-electron chi connectivity index (χ1n) is 6.16. The maximum Gasteiger partial charge on any atom is 0.191 e. The van der Waals surface area contributed by atoms with Gasteiger partial charge in [0.15, 0.2) is 5.96 Å². The van der Waals surface area contributed by atoms with E-state index in [1.165, 1.54) is 0 Å². The Morgan fingerprint density at radius 3 is 2.53 bits per heavy atom. The number of ether oxygens (including phenoxy) is 1. The minimum atomic E-state index is 0. The van der Waals surface area contributed by atoms with Gasteiger partial charge in [0.1, 0.15) is 12.4 Å². The molecule has 0 saturated heterocycles. The Kier molecular flexibility index (Phi) is 11.0. The maximum atomic E-state index is 5.60. The Hall–Kier alpha value is -0.500. The number of nitrogens with zero attached hydrogens (tertiary/aromatic N) is 1. The van der Waals surface area contributed by atoms with Crippen molar-refractivity contribution in [1.29, 1.82) is 0 Å². The van der Waals surface area contributed by atoms with Crippen LogP contribution in [0.25, 0.3) is 0 Å². The Labute approximate surface area is 140 Å². The van der Waals surface area contributed by atoms with Gasteiger partial charge in [-0.15, -0.1) is 24.0 Å². The predicted octanol–water partition coefficient (Wildman–Crippen LogP) is 3.02. The standard InChI is InChI=1S/C13H20BrN3O.HI/c1-3-15-13(16-4-2)17-8-9-18-12-7-5-6-11(14)10-12;/h5-7,10H,3-4,8-9H2,1-2H3,(H2,15,16,17);1H. The first-order chi connectivity index (χ1) is 8.76. The smallest absolute Gasteiger partial charge is 0.191 e. The average Bonchev–Trinajstić information content (AvgIpc) is 2.35. The van der Waals surface area contributed by atoms with Crippen LogP contribution in [0, 0.1) is 0 Å². The highest BCUT2D eigenvalue weighted by atomic mass is 127. The highest BCUT2D eigenvalue weighted by Gasteiger charge is 1.96. The van der Waals surface area contributed by atoms with Crippen molar-refractivity contribution < 1.29 is 4.74 Å². The number of rotatable bonds is 6. The van der Waals surface area contributed by atoms with Gasteiger partial charge in [-0.1, -0.05) is 22.0 Å². The summed E-state index contributed by atoms with van der Waals surface area (Å²) in [6.07, 6.45) is 0. The van der Waals surface area contributed by atoms with Crippen LogP contribution in [0.4, 0.5) is 0 Å². The molecule has 0 bridgehead atoms. The van der Waals surface area contributed by atoms with E-state index in [2.05, 4.69) is 31.6 Å². The zero-order valence-corrected chi connectivity index (χ0v) is 15.2. The van der Waals surface area contributed by atoms with Crippen LogP contribution in [0.3, 0.4) is 0 Å². The van der Waals surface area contributed by atoms with E-state index in [9.17, 15) is 0 Å². The van der Waals surface area contributed by atoms with E-state index in [0.717, 1.165) is 29.3 Å². The average molecular weight is 442 g/mol. The highest BCUT2D eigenvalue weighted by Crippen LogP contribution is 2.17. The summed E-state index contributed by atoms with van der Waals surface area (Å²) in [5.41, 5.74) is 0. The number of aliphatic imine (C=N–C) groups is 1. The second-order valence-corrected chi connectivity index (χ2v) is 4.51. The fraction of sp³-hybridized carbons (Fsp3) is 0.462. The van der Waals surface area contributed by atoms with Crippen molar-refractivity contribution in [3.05, 3.63) is 28.7 Å². The fourth-order valence-corrected chi connectivity index (χ4v) is 1.77. The summed E-state index contributed by atoms with van der Waals surface area (Å²) in [6.45, 7) is 7.00. The van der Waals surface area contributed by atoms with Gasteiger partial charge < -0.3 is 15.4 Å². The Balaban J connectivity index is 0.00000324. The van der Waals surface area contributed by atoms with E-state index in [1.54, 1.807) is 0 Å². The van der Waals surface area contributed by atoms with Gasteiger partial charge in [-0.2, -0.15) is 0 Å². The largest absolute Gasteiger partial charge is 0.492 e. The summed E-state index contributed by atoms with van der Waals surface area (Å²) in [6, 6.07) is 7.80. The van der Waals surface area contributed by atoms with E-state index in [4.69, 9.17) is 4.74 Å². The van der Waals surface area contributed by atoms with Crippen LogP contribution in [0.5, 0.6) is 5.75 Å². The molecule has 1 rings (SSSR count). The third kappa shape index (κ3) is 8.30. The van der Waals surface area contributed by atoms with Gasteiger partial charge in [0.2, 0.25) is 0 Å². The molecule has 0 amide bonds. The van der Waals surface area contributed by atoms with Gasteiger partial charge in [-0.3, -0.25) is 0 Å². The Morgan fingerprint density at radius 1 is 1.26 bits per heavy atom. The fourth-order valence-electron chi connectivity index (χ4n) is 1.39. The molecule has 4 nitrogen and oxygen atoms in total. The third-order valence-electron chi connectivity index (χ3n) is 2.11. The lowest BCUT2D eigenvalue weighted by Gasteiger charge is -2.09. The molecule has 0 aliphatic rings. The van der Waals surface area contributed by atoms with Crippen molar-refractivity contribution in [2.45, 2.75) is 13.8 Å². The molecule has 0 saturated carbocycles. The van der Waals surface area contributed by atoms with Crippen LogP contribution < -0.4 is 15.4 Å². The summed E-state index contributed by atoms with van der Waals surface area (Å²) in [5.74, 6) is 1.69. The molecule has 0 spiro atoms. The lowest BCUT2D eigenvalue weighted by molar-refractivity contribution is 0.328. The van der Waals surface area contributed by atoms with Gasteiger partial charge in [-0.05, 0) is 32.0 Å². The van der Waals surface area contributed by atoms with Crippen molar-refractivity contribution in [2.75, 3.05) is 26.2 Å². The number of hydrogen-bond acceptors (Lipinski definition) is 2. The van der Waals surface area contributed by atoms with Gasteiger partial charge in [0, 0.05) is 17.6 Å². The monoisotopic (exact) mass is 441 g/mol.